The lowest BCUT2D eigenvalue weighted by atomic mass is 9.85. The molecule has 0 rings (SSSR count). The normalized spacial score (nSPS) is 14.2. The Morgan fingerprint density at radius 2 is 1.53 bits per heavy atom. The van der Waals surface area contributed by atoms with E-state index in [9.17, 15) is 19.2 Å². The van der Waals surface area contributed by atoms with E-state index in [1.165, 1.54) is 6.92 Å². The number of rotatable bonds is 11. The second kappa shape index (κ2) is 12.0. The van der Waals surface area contributed by atoms with Gasteiger partial charge in [-0.3, -0.25) is 24.6 Å². The molecule has 0 bridgehead atoms. The van der Waals surface area contributed by atoms with Crippen LogP contribution in [0.15, 0.2) is 0 Å². The van der Waals surface area contributed by atoms with E-state index < -0.39 is 41.3 Å². The molecule has 0 aromatic carbocycles. The Morgan fingerprint density at radius 1 is 0.967 bits per heavy atom. The lowest BCUT2D eigenvalue weighted by Gasteiger charge is -2.32. The van der Waals surface area contributed by atoms with E-state index in [0.29, 0.717) is 13.0 Å². The number of carbonyl (C=O) groups excluding carboxylic acids is 4. The van der Waals surface area contributed by atoms with Crippen LogP contribution in [0.3, 0.4) is 0 Å². The molecule has 0 aromatic heterocycles. The number of guanidine groups is 1. The summed E-state index contributed by atoms with van der Waals surface area (Å²) in [4.78, 5) is 48.9. The quantitative estimate of drug-likeness (QED) is 0.124. The highest BCUT2D eigenvalue weighted by Crippen LogP contribution is 2.20. The van der Waals surface area contributed by atoms with Crippen LogP contribution in [-0.4, -0.2) is 54.3 Å². The van der Waals surface area contributed by atoms with Crippen LogP contribution in [0, 0.1) is 16.7 Å². The van der Waals surface area contributed by atoms with Gasteiger partial charge < -0.3 is 32.7 Å². The molecule has 0 aliphatic carbocycles. The zero-order valence-corrected chi connectivity index (χ0v) is 18.7. The van der Waals surface area contributed by atoms with Gasteiger partial charge in [0, 0.05) is 13.5 Å². The standard InChI is InChI=1S/C19H37N7O4/c1-10(2)13(15(20)28)26-16(29)12(8-7-9-23-18(21)22)25-17(30)14(19(4,5)6)24-11(3)27/h10,12-14H,7-9H2,1-6H3,(H2,20,28)(H,24,27)(H,25,30)(H,26,29)(H4,21,22,23)/t12-,13-,14+/m0/s1. The van der Waals surface area contributed by atoms with Crippen LogP contribution in [0.1, 0.15) is 54.4 Å². The largest absolute Gasteiger partial charge is 0.370 e. The molecule has 11 heteroatoms. The maximum Gasteiger partial charge on any atom is 0.243 e. The Bertz CT molecular complexity index is 643. The molecule has 0 aliphatic heterocycles. The second-order valence-electron chi connectivity index (χ2n) is 8.68. The van der Waals surface area contributed by atoms with Crippen LogP contribution in [0.4, 0.5) is 0 Å². The summed E-state index contributed by atoms with van der Waals surface area (Å²) in [6.45, 7) is 10.5. The fraction of sp³-hybridized carbons (Fsp3) is 0.737. The fourth-order valence-corrected chi connectivity index (χ4v) is 2.75. The zero-order chi connectivity index (χ0) is 23.6. The minimum absolute atomic E-state index is 0.202. The van der Waals surface area contributed by atoms with Crippen molar-refractivity contribution < 1.29 is 19.2 Å². The molecule has 0 spiro atoms. The Kier molecular flexibility index (Phi) is 10.8. The highest BCUT2D eigenvalue weighted by Gasteiger charge is 2.35. The summed E-state index contributed by atoms with van der Waals surface area (Å²) in [5, 5.41) is 17.7. The van der Waals surface area contributed by atoms with Gasteiger partial charge in [-0.25, -0.2) is 0 Å². The molecule has 0 radical (unpaired) electrons. The van der Waals surface area contributed by atoms with Gasteiger partial charge in [-0.05, 0) is 24.2 Å². The van der Waals surface area contributed by atoms with Crippen molar-refractivity contribution in [2.45, 2.75) is 72.5 Å². The van der Waals surface area contributed by atoms with E-state index in [1.54, 1.807) is 34.6 Å². The van der Waals surface area contributed by atoms with Crippen molar-refractivity contribution in [1.29, 1.82) is 5.41 Å². The third-order valence-electron chi connectivity index (χ3n) is 4.36. The molecule has 11 nitrogen and oxygen atoms in total. The molecular weight excluding hydrogens is 390 g/mol. The lowest BCUT2D eigenvalue weighted by Crippen LogP contribution is -2.59. The number of nitrogens with one attached hydrogen (secondary N) is 5. The maximum atomic E-state index is 12.9. The molecule has 0 unspecified atom stereocenters. The van der Waals surface area contributed by atoms with Crippen molar-refractivity contribution in [1.82, 2.24) is 21.3 Å². The summed E-state index contributed by atoms with van der Waals surface area (Å²) in [6.07, 6.45) is 0.638. The minimum Gasteiger partial charge on any atom is -0.370 e. The summed E-state index contributed by atoms with van der Waals surface area (Å²) in [7, 11) is 0. The van der Waals surface area contributed by atoms with E-state index >= 15 is 0 Å². The van der Waals surface area contributed by atoms with Crippen molar-refractivity contribution in [2.24, 2.45) is 22.8 Å². The average Bonchev–Trinajstić information content (AvgIpc) is 2.57. The summed E-state index contributed by atoms with van der Waals surface area (Å²) in [5.74, 6) is -2.55. The lowest BCUT2D eigenvalue weighted by molar-refractivity contribution is -0.135. The molecule has 0 aromatic rings. The van der Waals surface area contributed by atoms with Gasteiger partial charge >= 0.3 is 0 Å². The van der Waals surface area contributed by atoms with Crippen molar-refractivity contribution in [3.05, 3.63) is 0 Å². The van der Waals surface area contributed by atoms with E-state index in [-0.39, 0.29) is 24.2 Å². The molecule has 0 aliphatic rings. The summed E-state index contributed by atoms with van der Waals surface area (Å²) in [5.41, 5.74) is 10.0. The SMILES string of the molecule is CC(=O)N[C@H](C(=O)N[C@@H](CCCNC(=N)N)C(=O)N[C@H](C(N)=O)C(C)C)C(C)(C)C. The zero-order valence-electron chi connectivity index (χ0n) is 18.7. The molecule has 0 saturated carbocycles. The van der Waals surface area contributed by atoms with Gasteiger partial charge in [0.2, 0.25) is 23.6 Å². The highest BCUT2D eigenvalue weighted by molar-refractivity contribution is 5.94. The number of hydrogen-bond acceptors (Lipinski definition) is 5. The van der Waals surface area contributed by atoms with Gasteiger partial charge in [-0.15, -0.1) is 0 Å². The molecule has 30 heavy (non-hydrogen) atoms. The van der Waals surface area contributed by atoms with E-state index in [2.05, 4.69) is 21.3 Å². The van der Waals surface area contributed by atoms with Gasteiger partial charge in [-0.1, -0.05) is 34.6 Å². The topological polar surface area (TPSA) is 192 Å². The Hall–Kier alpha value is -2.85. The van der Waals surface area contributed by atoms with Crippen LogP contribution in [0.2, 0.25) is 0 Å². The van der Waals surface area contributed by atoms with Gasteiger partial charge in [0.1, 0.15) is 18.1 Å². The summed E-state index contributed by atoms with van der Waals surface area (Å²) in [6, 6.07) is -2.72. The first-order chi connectivity index (χ1) is 13.7. The van der Waals surface area contributed by atoms with Crippen LogP contribution in [-0.2, 0) is 19.2 Å². The van der Waals surface area contributed by atoms with Gasteiger partial charge in [0.05, 0.1) is 0 Å². The maximum absolute atomic E-state index is 12.9. The molecule has 0 fully saturated rings. The Morgan fingerprint density at radius 3 is 1.93 bits per heavy atom. The molecule has 4 amide bonds. The average molecular weight is 428 g/mol. The number of nitrogens with two attached hydrogens (primary N) is 2. The first-order valence-electron chi connectivity index (χ1n) is 9.91. The predicted molar refractivity (Wildman–Crippen MR) is 114 cm³/mol. The van der Waals surface area contributed by atoms with Gasteiger partial charge in [0.15, 0.2) is 5.96 Å². The molecule has 0 saturated heterocycles. The molecule has 3 atom stereocenters. The third-order valence-corrected chi connectivity index (χ3v) is 4.36. The summed E-state index contributed by atoms with van der Waals surface area (Å²) < 4.78 is 0. The van der Waals surface area contributed by atoms with Crippen molar-refractivity contribution in [3.8, 4) is 0 Å². The van der Waals surface area contributed by atoms with Gasteiger partial charge in [-0.2, -0.15) is 0 Å². The molecule has 9 N–H and O–H groups in total. The highest BCUT2D eigenvalue weighted by atomic mass is 16.2. The number of hydrogen-bond donors (Lipinski definition) is 7. The second-order valence-corrected chi connectivity index (χ2v) is 8.68. The van der Waals surface area contributed by atoms with Crippen molar-refractivity contribution >= 4 is 29.6 Å². The Balaban J connectivity index is 5.46. The third kappa shape index (κ3) is 10.1. The van der Waals surface area contributed by atoms with E-state index in [0.717, 1.165) is 0 Å². The van der Waals surface area contributed by atoms with Crippen LogP contribution in [0.5, 0.6) is 0 Å². The van der Waals surface area contributed by atoms with Gasteiger partial charge in [0.25, 0.3) is 0 Å². The summed E-state index contributed by atoms with van der Waals surface area (Å²) >= 11 is 0. The number of carbonyl (C=O) groups is 4. The monoisotopic (exact) mass is 427 g/mol. The van der Waals surface area contributed by atoms with Crippen molar-refractivity contribution in [2.75, 3.05) is 6.54 Å². The van der Waals surface area contributed by atoms with E-state index in [1.807, 2.05) is 0 Å². The predicted octanol–water partition coefficient (Wildman–Crippen LogP) is -1.09. The molecule has 172 valence electrons. The fourth-order valence-electron chi connectivity index (χ4n) is 2.75. The number of primary amides is 1. The minimum atomic E-state index is -0.967. The van der Waals surface area contributed by atoms with E-state index in [4.69, 9.17) is 16.9 Å². The Labute approximate surface area is 178 Å². The first-order valence-corrected chi connectivity index (χ1v) is 9.91. The van der Waals surface area contributed by atoms with Crippen molar-refractivity contribution in [3.63, 3.8) is 0 Å². The van der Waals surface area contributed by atoms with Crippen LogP contribution in [0.25, 0.3) is 0 Å². The van der Waals surface area contributed by atoms with Crippen LogP contribution >= 0.6 is 0 Å². The smallest absolute Gasteiger partial charge is 0.243 e. The molecular formula is C19H37N7O4. The number of amides is 4. The first kappa shape index (κ1) is 27.1. The molecule has 0 heterocycles. The van der Waals surface area contributed by atoms with Crippen LogP contribution < -0.4 is 32.7 Å².